The number of aromatic nitrogens is 3. The van der Waals surface area contributed by atoms with E-state index < -0.39 is 0 Å². The van der Waals surface area contributed by atoms with E-state index in [0.29, 0.717) is 6.04 Å². The molecule has 2 aromatic rings. The first-order valence-corrected chi connectivity index (χ1v) is 7.35. The Balaban J connectivity index is 1.80. The van der Waals surface area contributed by atoms with E-state index in [1.54, 1.807) is 11.0 Å². The highest BCUT2D eigenvalue weighted by Crippen LogP contribution is 2.14. The first kappa shape index (κ1) is 14.7. The fourth-order valence-electron chi connectivity index (χ4n) is 2.28. The molecule has 4 nitrogen and oxygen atoms in total. The summed E-state index contributed by atoms with van der Waals surface area (Å²) in [5.74, 6) is 0.894. The summed E-state index contributed by atoms with van der Waals surface area (Å²) in [5.41, 5.74) is 2.75. The first-order chi connectivity index (χ1) is 9.69. The highest BCUT2D eigenvalue weighted by atomic mass is 15.3. The Morgan fingerprint density at radius 3 is 2.55 bits per heavy atom. The van der Waals surface area contributed by atoms with E-state index in [4.69, 9.17) is 0 Å². The number of nitrogens with one attached hydrogen (secondary N) is 1. The van der Waals surface area contributed by atoms with Gasteiger partial charge >= 0.3 is 0 Å². The maximum atomic E-state index is 4.28. The fraction of sp³-hybridized carbons (Fsp3) is 0.500. The maximum Gasteiger partial charge on any atom is 0.151 e. The van der Waals surface area contributed by atoms with Crippen molar-refractivity contribution in [3.05, 3.63) is 47.5 Å². The topological polar surface area (TPSA) is 42.7 Å². The molecule has 1 N–H and O–H groups in total. The van der Waals surface area contributed by atoms with Crippen LogP contribution in [0.15, 0.2) is 30.6 Å². The molecule has 1 unspecified atom stereocenters. The Kier molecular flexibility index (Phi) is 5.30. The van der Waals surface area contributed by atoms with E-state index in [0.717, 1.165) is 25.2 Å². The molecule has 0 aliphatic rings. The Labute approximate surface area is 121 Å². The highest BCUT2D eigenvalue weighted by molar-refractivity contribution is 5.24. The van der Waals surface area contributed by atoms with Crippen molar-refractivity contribution in [1.82, 2.24) is 20.1 Å². The van der Waals surface area contributed by atoms with Crippen LogP contribution >= 0.6 is 0 Å². The van der Waals surface area contributed by atoms with Gasteiger partial charge in [-0.2, -0.15) is 5.10 Å². The molecular weight excluding hydrogens is 248 g/mol. The van der Waals surface area contributed by atoms with Crippen LogP contribution < -0.4 is 5.32 Å². The van der Waals surface area contributed by atoms with Gasteiger partial charge in [0.1, 0.15) is 6.33 Å². The van der Waals surface area contributed by atoms with Crippen LogP contribution in [-0.2, 0) is 19.9 Å². The molecule has 0 bridgehead atoms. The first-order valence-electron chi connectivity index (χ1n) is 7.35. The summed E-state index contributed by atoms with van der Waals surface area (Å²) < 4.78 is 1.74. The van der Waals surface area contributed by atoms with Crippen LogP contribution in [0.25, 0.3) is 0 Å². The van der Waals surface area contributed by atoms with Crippen molar-refractivity contribution in [3.63, 3.8) is 0 Å². The van der Waals surface area contributed by atoms with Crippen molar-refractivity contribution in [1.29, 1.82) is 0 Å². The molecule has 1 atom stereocenters. The van der Waals surface area contributed by atoms with Gasteiger partial charge in [-0.25, -0.2) is 4.98 Å². The monoisotopic (exact) mass is 272 g/mol. The number of hydrogen-bond acceptors (Lipinski definition) is 3. The Hall–Kier alpha value is -1.68. The van der Waals surface area contributed by atoms with Crippen LogP contribution in [0.2, 0.25) is 0 Å². The number of nitrogens with zero attached hydrogens (tertiary/aromatic N) is 3. The summed E-state index contributed by atoms with van der Waals surface area (Å²) in [6, 6.07) is 9.27. The minimum absolute atomic E-state index is 0.356. The van der Waals surface area contributed by atoms with E-state index in [-0.39, 0.29) is 0 Å². The van der Waals surface area contributed by atoms with Gasteiger partial charge in [0.05, 0.1) is 0 Å². The molecule has 4 heteroatoms. The van der Waals surface area contributed by atoms with E-state index in [9.17, 15) is 0 Å². The second kappa shape index (κ2) is 7.20. The van der Waals surface area contributed by atoms with Gasteiger partial charge in [0.25, 0.3) is 0 Å². The Morgan fingerprint density at radius 2 is 1.95 bits per heavy atom. The second-order valence-electron chi connectivity index (χ2n) is 5.25. The van der Waals surface area contributed by atoms with Crippen LogP contribution in [-0.4, -0.2) is 21.3 Å². The van der Waals surface area contributed by atoms with Gasteiger partial charge in [-0.05, 0) is 24.5 Å². The molecule has 0 spiro atoms. The van der Waals surface area contributed by atoms with Crippen molar-refractivity contribution in [2.75, 3.05) is 6.54 Å². The minimum Gasteiger partial charge on any atom is -0.310 e. The molecule has 1 aromatic heterocycles. The lowest BCUT2D eigenvalue weighted by molar-refractivity contribution is 0.568. The third-order valence-electron chi connectivity index (χ3n) is 3.46. The zero-order chi connectivity index (χ0) is 14.4. The lowest BCUT2D eigenvalue weighted by atomic mass is 10.0. The maximum absolute atomic E-state index is 4.28. The predicted molar refractivity (Wildman–Crippen MR) is 81.6 cm³/mol. The number of aryl methyl sites for hydroxylation is 2. The largest absolute Gasteiger partial charge is 0.310 e. The van der Waals surface area contributed by atoms with Crippen LogP contribution in [0.3, 0.4) is 0 Å². The van der Waals surface area contributed by atoms with Crippen LogP contribution in [0.1, 0.15) is 43.3 Å². The molecular formula is C16H24N4. The van der Waals surface area contributed by atoms with E-state index >= 15 is 0 Å². The average molecular weight is 272 g/mol. The molecule has 108 valence electrons. The summed E-state index contributed by atoms with van der Waals surface area (Å²) in [7, 11) is 1.89. The zero-order valence-corrected chi connectivity index (χ0v) is 12.6. The second-order valence-corrected chi connectivity index (χ2v) is 5.25. The van der Waals surface area contributed by atoms with Crippen molar-refractivity contribution < 1.29 is 0 Å². The standard InChI is InChI=1S/C16H24N4/c1-4-5-14-6-8-15(9-7-14)13(2)17-11-10-16-18-12-20(3)19-16/h6-9,12-13,17H,4-5,10-11H2,1-3H3. The number of rotatable bonds is 7. The van der Waals surface area contributed by atoms with Crippen LogP contribution in [0.4, 0.5) is 0 Å². The number of hydrogen-bond donors (Lipinski definition) is 1. The third-order valence-corrected chi connectivity index (χ3v) is 3.46. The quantitative estimate of drug-likeness (QED) is 0.842. The lowest BCUT2D eigenvalue weighted by Crippen LogP contribution is -2.21. The Bertz CT molecular complexity index is 516. The van der Waals surface area contributed by atoms with Gasteiger partial charge < -0.3 is 5.32 Å². The molecule has 1 aromatic carbocycles. The van der Waals surface area contributed by atoms with E-state index in [1.807, 2.05) is 7.05 Å². The van der Waals surface area contributed by atoms with Crippen LogP contribution in [0.5, 0.6) is 0 Å². The van der Waals surface area contributed by atoms with Gasteiger partial charge in [-0.15, -0.1) is 0 Å². The van der Waals surface area contributed by atoms with Crippen molar-refractivity contribution in [2.45, 2.75) is 39.2 Å². The summed E-state index contributed by atoms with van der Waals surface area (Å²) in [4.78, 5) is 4.23. The van der Waals surface area contributed by atoms with E-state index in [2.05, 4.69) is 53.5 Å². The fourth-order valence-corrected chi connectivity index (χ4v) is 2.28. The smallest absolute Gasteiger partial charge is 0.151 e. The molecule has 0 amide bonds. The molecule has 0 saturated carbocycles. The summed E-state index contributed by atoms with van der Waals surface area (Å²) in [5, 5.41) is 7.80. The molecule has 0 radical (unpaired) electrons. The molecule has 1 heterocycles. The van der Waals surface area contributed by atoms with Gasteiger partial charge in [0.15, 0.2) is 5.82 Å². The van der Waals surface area contributed by atoms with Crippen molar-refractivity contribution in [2.24, 2.45) is 7.05 Å². The molecule has 0 saturated heterocycles. The normalized spacial score (nSPS) is 12.6. The lowest BCUT2D eigenvalue weighted by Gasteiger charge is -2.14. The SMILES string of the molecule is CCCc1ccc(C(C)NCCc2ncn(C)n2)cc1. The predicted octanol–water partition coefficient (Wildman–Crippen LogP) is 2.66. The van der Waals surface area contributed by atoms with Crippen molar-refractivity contribution in [3.8, 4) is 0 Å². The Morgan fingerprint density at radius 1 is 1.20 bits per heavy atom. The summed E-state index contributed by atoms with van der Waals surface area (Å²) >= 11 is 0. The molecule has 20 heavy (non-hydrogen) atoms. The minimum atomic E-state index is 0.356. The molecule has 0 aliphatic heterocycles. The van der Waals surface area contributed by atoms with E-state index in [1.165, 1.54) is 17.5 Å². The van der Waals surface area contributed by atoms with Gasteiger partial charge in [0, 0.05) is 26.1 Å². The van der Waals surface area contributed by atoms with Gasteiger partial charge in [-0.3, -0.25) is 4.68 Å². The third kappa shape index (κ3) is 4.17. The number of benzene rings is 1. The van der Waals surface area contributed by atoms with Crippen LogP contribution in [0, 0.1) is 0 Å². The molecule has 2 rings (SSSR count). The zero-order valence-electron chi connectivity index (χ0n) is 12.6. The molecule has 0 aliphatic carbocycles. The highest BCUT2D eigenvalue weighted by Gasteiger charge is 2.05. The average Bonchev–Trinajstić information content (AvgIpc) is 2.85. The van der Waals surface area contributed by atoms with Gasteiger partial charge in [0.2, 0.25) is 0 Å². The molecule has 0 fully saturated rings. The van der Waals surface area contributed by atoms with Crippen molar-refractivity contribution >= 4 is 0 Å². The summed E-state index contributed by atoms with van der Waals surface area (Å²) in [6.07, 6.45) is 4.96. The van der Waals surface area contributed by atoms with Gasteiger partial charge in [-0.1, -0.05) is 37.6 Å². The summed E-state index contributed by atoms with van der Waals surface area (Å²) in [6.45, 7) is 5.30.